The van der Waals surface area contributed by atoms with E-state index in [1.165, 1.54) is 0 Å². The zero-order chi connectivity index (χ0) is 11.4. The average Bonchev–Trinajstić information content (AvgIpc) is 2.93. The molecule has 1 unspecified atom stereocenters. The topological polar surface area (TPSA) is 49.8 Å². The van der Waals surface area contributed by atoms with E-state index >= 15 is 0 Å². The molecule has 0 spiro atoms. The van der Waals surface area contributed by atoms with Gasteiger partial charge in [-0.2, -0.15) is 0 Å². The molecule has 84 valence electrons. The zero-order valence-corrected chi connectivity index (χ0v) is 9.41. The van der Waals surface area contributed by atoms with Gasteiger partial charge in [0.1, 0.15) is 0 Å². The predicted molar refractivity (Wildman–Crippen MR) is 54.9 cm³/mol. The van der Waals surface area contributed by atoms with Crippen LogP contribution in [0.2, 0.25) is 0 Å². The van der Waals surface area contributed by atoms with Crippen molar-refractivity contribution in [1.29, 1.82) is 0 Å². The lowest BCUT2D eigenvalue weighted by Gasteiger charge is -2.56. The van der Waals surface area contributed by atoms with Gasteiger partial charge in [-0.15, -0.1) is 0 Å². The molecule has 0 radical (unpaired) electrons. The number of nitrogens with zero attached hydrogens (tertiary/aromatic N) is 1. The summed E-state index contributed by atoms with van der Waals surface area (Å²) in [6.45, 7) is 10.0. The molecule has 4 nitrogen and oxygen atoms in total. The standard InChI is InChI=1S/C11H17NO3/c1-7-8(2)12(10(7,3)4)15-11(5-6-11)9(13)14/h7H,2,5-6H2,1,3-4H3,(H,13,14). The van der Waals surface area contributed by atoms with E-state index in [9.17, 15) is 4.79 Å². The first kappa shape index (κ1) is 10.5. The van der Waals surface area contributed by atoms with Crippen molar-refractivity contribution < 1.29 is 14.7 Å². The van der Waals surface area contributed by atoms with Gasteiger partial charge in [0.25, 0.3) is 0 Å². The zero-order valence-electron chi connectivity index (χ0n) is 9.41. The summed E-state index contributed by atoms with van der Waals surface area (Å²) in [5, 5.41) is 10.7. The van der Waals surface area contributed by atoms with Gasteiger partial charge in [0.05, 0.1) is 5.54 Å². The van der Waals surface area contributed by atoms with E-state index < -0.39 is 11.6 Å². The number of aliphatic carboxylic acids is 1. The maximum Gasteiger partial charge on any atom is 0.338 e. The average molecular weight is 211 g/mol. The van der Waals surface area contributed by atoms with Gasteiger partial charge in [-0.25, -0.2) is 4.79 Å². The fourth-order valence-corrected chi connectivity index (χ4v) is 1.87. The van der Waals surface area contributed by atoms with E-state index in [0.717, 1.165) is 5.70 Å². The molecule has 2 fully saturated rings. The predicted octanol–water partition coefficient (Wildman–Crippen LogP) is 1.78. The van der Waals surface area contributed by atoms with Gasteiger partial charge in [-0.05, 0) is 26.7 Å². The smallest absolute Gasteiger partial charge is 0.338 e. The molecular formula is C11H17NO3. The molecule has 1 N–H and O–H groups in total. The van der Waals surface area contributed by atoms with Crippen LogP contribution in [0.5, 0.6) is 0 Å². The number of hydrogen-bond donors (Lipinski definition) is 1. The molecule has 0 aromatic rings. The van der Waals surface area contributed by atoms with Crippen LogP contribution in [-0.4, -0.2) is 27.3 Å². The van der Waals surface area contributed by atoms with Gasteiger partial charge in [0.2, 0.25) is 0 Å². The second-order valence-electron chi connectivity index (χ2n) is 5.05. The molecule has 0 bridgehead atoms. The number of rotatable bonds is 3. The van der Waals surface area contributed by atoms with Crippen LogP contribution in [0, 0.1) is 5.92 Å². The lowest BCUT2D eigenvalue weighted by molar-refractivity contribution is -0.285. The summed E-state index contributed by atoms with van der Waals surface area (Å²) >= 11 is 0. The van der Waals surface area contributed by atoms with Crippen LogP contribution < -0.4 is 0 Å². The minimum absolute atomic E-state index is 0.151. The van der Waals surface area contributed by atoms with E-state index in [4.69, 9.17) is 9.94 Å². The molecule has 15 heavy (non-hydrogen) atoms. The van der Waals surface area contributed by atoms with Crippen molar-refractivity contribution in [2.24, 2.45) is 5.92 Å². The van der Waals surface area contributed by atoms with E-state index in [2.05, 4.69) is 13.5 Å². The van der Waals surface area contributed by atoms with E-state index in [1.54, 1.807) is 5.06 Å². The molecule has 2 rings (SSSR count). The molecule has 2 aliphatic rings. The molecule has 1 atom stereocenters. The summed E-state index contributed by atoms with van der Waals surface area (Å²) in [6, 6.07) is 0. The van der Waals surface area contributed by atoms with Crippen LogP contribution in [0.3, 0.4) is 0 Å². The van der Waals surface area contributed by atoms with Crippen molar-refractivity contribution >= 4 is 5.97 Å². The van der Waals surface area contributed by atoms with Crippen LogP contribution in [-0.2, 0) is 9.63 Å². The van der Waals surface area contributed by atoms with Crippen LogP contribution in [0.1, 0.15) is 33.6 Å². The summed E-state index contributed by atoms with van der Waals surface area (Å²) in [5.41, 5.74) is -0.254. The highest BCUT2D eigenvalue weighted by Gasteiger charge is 2.59. The number of hydrogen-bond acceptors (Lipinski definition) is 3. The Morgan fingerprint density at radius 1 is 1.60 bits per heavy atom. The van der Waals surface area contributed by atoms with Crippen LogP contribution >= 0.6 is 0 Å². The normalized spacial score (nSPS) is 31.0. The summed E-state index contributed by atoms with van der Waals surface area (Å²) < 4.78 is 0. The molecule has 0 aromatic carbocycles. The Hall–Kier alpha value is -1.03. The van der Waals surface area contributed by atoms with Crippen molar-refractivity contribution in [3.8, 4) is 0 Å². The summed E-state index contributed by atoms with van der Waals surface area (Å²) in [6.07, 6.45) is 1.19. The second-order valence-corrected chi connectivity index (χ2v) is 5.05. The van der Waals surface area contributed by atoms with Crippen LogP contribution in [0.4, 0.5) is 0 Å². The fraction of sp³-hybridized carbons (Fsp3) is 0.727. The van der Waals surface area contributed by atoms with Crippen LogP contribution in [0.25, 0.3) is 0 Å². The molecule has 1 saturated heterocycles. The first-order valence-electron chi connectivity index (χ1n) is 5.23. The maximum atomic E-state index is 11.0. The highest BCUT2D eigenvalue weighted by molar-refractivity contribution is 5.80. The van der Waals surface area contributed by atoms with E-state index in [-0.39, 0.29) is 5.54 Å². The first-order chi connectivity index (χ1) is 6.81. The third kappa shape index (κ3) is 1.28. The molecule has 4 heteroatoms. The number of carboxylic acids is 1. The number of hydroxylamine groups is 2. The molecule has 0 aromatic heterocycles. The van der Waals surface area contributed by atoms with Gasteiger partial charge in [0.15, 0.2) is 5.60 Å². The fourth-order valence-electron chi connectivity index (χ4n) is 1.87. The quantitative estimate of drug-likeness (QED) is 0.773. The first-order valence-corrected chi connectivity index (χ1v) is 5.23. The van der Waals surface area contributed by atoms with E-state index in [1.807, 2.05) is 13.8 Å². The van der Waals surface area contributed by atoms with Crippen LogP contribution in [0.15, 0.2) is 12.3 Å². The molecule has 0 amide bonds. The molecule has 1 aliphatic heterocycles. The van der Waals surface area contributed by atoms with Crippen molar-refractivity contribution in [2.75, 3.05) is 0 Å². The summed E-state index contributed by atoms with van der Waals surface area (Å²) in [5.74, 6) is -0.534. The van der Waals surface area contributed by atoms with Gasteiger partial charge in [-0.1, -0.05) is 13.5 Å². The van der Waals surface area contributed by atoms with Crippen molar-refractivity contribution in [3.05, 3.63) is 12.3 Å². The third-order valence-corrected chi connectivity index (χ3v) is 3.70. The largest absolute Gasteiger partial charge is 0.479 e. The Morgan fingerprint density at radius 3 is 2.47 bits per heavy atom. The monoisotopic (exact) mass is 211 g/mol. The Labute approximate surface area is 89.5 Å². The maximum absolute atomic E-state index is 11.0. The molecule has 1 aliphatic carbocycles. The highest BCUT2D eigenvalue weighted by Crippen LogP contribution is 2.50. The van der Waals surface area contributed by atoms with Crippen molar-refractivity contribution in [2.45, 2.75) is 44.8 Å². The van der Waals surface area contributed by atoms with Crippen molar-refractivity contribution in [1.82, 2.24) is 5.06 Å². The number of carbonyl (C=O) groups is 1. The number of carboxylic acid groups (broad SMARTS) is 1. The van der Waals surface area contributed by atoms with Gasteiger partial charge in [-0.3, -0.25) is 9.90 Å². The lowest BCUT2D eigenvalue weighted by atomic mass is 9.78. The summed E-state index contributed by atoms with van der Waals surface area (Å²) in [7, 11) is 0. The van der Waals surface area contributed by atoms with Gasteiger partial charge >= 0.3 is 5.97 Å². The summed E-state index contributed by atoms with van der Waals surface area (Å²) in [4.78, 5) is 16.6. The molecular weight excluding hydrogens is 194 g/mol. The van der Waals surface area contributed by atoms with Crippen molar-refractivity contribution in [3.63, 3.8) is 0 Å². The molecule has 1 heterocycles. The third-order valence-electron chi connectivity index (χ3n) is 3.70. The highest BCUT2D eigenvalue weighted by atomic mass is 16.7. The SMILES string of the molecule is C=C1C(C)C(C)(C)N1OC1(C(=O)O)CC1. The van der Waals surface area contributed by atoms with E-state index in [0.29, 0.717) is 18.8 Å². The Kier molecular flexibility index (Phi) is 1.93. The van der Waals surface area contributed by atoms with Gasteiger partial charge < -0.3 is 5.11 Å². The second kappa shape index (κ2) is 2.76. The lowest BCUT2D eigenvalue weighted by Crippen LogP contribution is -2.61. The Morgan fingerprint density at radius 2 is 2.13 bits per heavy atom. The Bertz CT molecular complexity index is 331. The van der Waals surface area contributed by atoms with Gasteiger partial charge in [0, 0.05) is 11.6 Å². The molecule has 1 saturated carbocycles. The minimum atomic E-state index is -0.972. The Balaban J connectivity index is 2.08. The minimum Gasteiger partial charge on any atom is -0.479 e.